The fraction of sp³-hybridized carbons (Fsp3) is 0.391. The number of ether oxygens (including phenoxy) is 1. The largest absolute Gasteiger partial charge is 0.378 e. The molecule has 1 saturated carbocycles. The summed E-state index contributed by atoms with van der Waals surface area (Å²) in [5.74, 6) is 0.943. The standard InChI is InChI=1S/C23H24FN3O3S/c24-18-7-5-17(6-8-18)21-19(23(30-25-21)26-9-11-29-12-10-26)15-27(14-16-3-4-16)22(28)20-2-1-13-31-20/h1-2,5-8,13,16H,3-4,9-12,14-15H2. The molecule has 3 aromatic rings. The molecule has 3 heterocycles. The van der Waals surface area contributed by atoms with Gasteiger partial charge in [0.05, 0.1) is 30.2 Å². The van der Waals surface area contributed by atoms with Gasteiger partial charge in [0.1, 0.15) is 11.5 Å². The third kappa shape index (κ3) is 4.50. The zero-order valence-corrected chi connectivity index (χ0v) is 17.9. The van der Waals surface area contributed by atoms with Crippen molar-refractivity contribution >= 4 is 23.1 Å². The fourth-order valence-corrected chi connectivity index (χ4v) is 4.56. The zero-order chi connectivity index (χ0) is 21.2. The molecule has 0 unspecified atom stereocenters. The average molecular weight is 442 g/mol. The van der Waals surface area contributed by atoms with Crippen LogP contribution in [0.4, 0.5) is 10.3 Å². The van der Waals surface area contributed by atoms with Crippen LogP contribution in [-0.4, -0.2) is 48.8 Å². The minimum absolute atomic E-state index is 0.0288. The van der Waals surface area contributed by atoms with Gasteiger partial charge in [0, 0.05) is 25.2 Å². The molecule has 8 heteroatoms. The van der Waals surface area contributed by atoms with Crippen molar-refractivity contribution in [3.63, 3.8) is 0 Å². The molecule has 1 aliphatic heterocycles. The number of amides is 1. The minimum Gasteiger partial charge on any atom is -0.378 e. The van der Waals surface area contributed by atoms with Crippen LogP contribution in [0, 0.1) is 11.7 Å². The van der Waals surface area contributed by atoms with Crippen molar-refractivity contribution in [1.82, 2.24) is 10.1 Å². The molecule has 5 rings (SSSR count). The van der Waals surface area contributed by atoms with Gasteiger partial charge >= 0.3 is 0 Å². The Balaban J connectivity index is 1.51. The van der Waals surface area contributed by atoms with Crippen molar-refractivity contribution in [1.29, 1.82) is 0 Å². The first-order chi connectivity index (χ1) is 15.2. The molecule has 6 nitrogen and oxygen atoms in total. The summed E-state index contributed by atoms with van der Waals surface area (Å²) in [7, 11) is 0. The fourth-order valence-electron chi connectivity index (χ4n) is 3.87. The van der Waals surface area contributed by atoms with Gasteiger partial charge < -0.3 is 19.1 Å². The summed E-state index contributed by atoms with van der Waals surface area (Å²) < 4.78 is 24.8. The first-order valence-electron chi connectivity index (χ1n) is 10.6. The van der Waals surface area contributed by atoms with Gasteiger partial charge in [-0.2, -0.15) is 0 Å². The Morgan fingerprint density at radius 2 is 1.97 bits per heavy atom. The van der Waals surface area contributed by atoms with Gasteiger partial charge in [0.15, 0.2) is 0 Å². The summed E-state index contributed by atoms with van der Waals surface area (Å²) in [6.07, 6.45) is 2.30. The lowest BCUT2D eigenvalue weighted by atomic mass is 10.1. The molecule has 0 radical (unpaired) electrons. The summed E-state index contributed by atoms with van der Waals surface area (Å²) in [6.45, 7) is 3.75. The lowest BCUT2D eigenvalue weighted by molar-refractivity contribution is 0.0739. The number of morpholine rings is 1. The van der Waals surface area contributed by atoms with Gasteiger partial charge in [0.2, 0.25) is 5.88 Å². The van der Waals surface area contributed by atoms with E-state index in [-0.39, 0.29) is 11.7 Å². The summed E-state index contributed by atoms with van der Waals surface area (Å²) in [6, 6.07) is 10.0. The van der Waals surface area contributed by atoms with Gasteiger partial charge in [-0.25, -0.2) is 4.39 Å². The van der Waals surface area contributed by atoms with Crippen LogP contribution < -0.4 is 4.90 Å². The molecule has 1 saturated heterocycles. The first kappa shape index (κ1) is 20.2. The number of anilines is 1. The first-order valence-corrected chi connectivity index (χ1v) is 11.5. The smallest absolute Gasteiger partial charge is 0.264 e. The van der Waals surface area contributed by atoms with Crippen LogP contribution in [0.1, 0.15) is 28.1 Å². The minimum atomic E-state index is -0.301. The molecular formula is C23H24FN3O3S. The number of carbonyl (C=O) groups excluding carboxylic acids is 1. The Bertz CT molecular complexity index is 1030. The van der Waals surface area contributed by atoms with E-state index in [1.807, 2.05) is 22.4 Å². The number of halogens is 1. The maximum Gasteiger partial charge on any atom is 0.264 e. The number of hydrogen-bond donors (Lipinski definition) is 0. The van der Waals surface area contributed by atoms with E-state index in [2.05, 4.69) is 10.1 Å². The molecule has 31 heavy (non-hydrogen) atoms. The number of carbonyl (C=O) groups is 1. The SMILES string of the molecule is O=C(c1cccs1)N(Cc1c(-c2ccc(F)cc2)noc1N1CCOCC1)CC1CC1. The normalized spacial score (nSPS) is 16.5. The van der Waals surface area contributed by atoms with Crippen LogP contribution in [0.25, 0.3) is 11.3 Å². The number of hydrogen-bond acceptors (Lipinski definition) is 6. The molecule has 162 valence electrons. The van der Waals surface area contributed by atoms with E-state index in [0.29, 0.717) is 56.9 Å². The molecular weight excluding hydrogens is 417 g/mol. The van der Waals surface area contributed by atoms with Crippen molar-refractivity contribution in [2.24, 2.45) is 5.92 Å². The van der Waals surface area contributed by atoms with Crippen LogP contribution in [0.2, 0.25) is 0 Å². The topological polar surface area (TPSA) is 58.8 Å². The Hall–Kier alpha value is -2.71. The zero-order valence-electron chi connectivity index (χ0n) is 17.1. The van der Waals surface area contributed by atoms with Crippen LogP contribution in [-0.2, 0) is 11.3 Å². The van der Waals surface area contributed by atoms with Crippen LogP contribution in [0.3, 0.4) is 0 Å². The van der Waals surface area contributed by atoms with E-state index < -0.39 is 0 Å². The molecule has 2 aromatic heterocycles. The maximum absolute atomic E-state index is 13.5. The third-order valence-corrected chi connectivity index (χ3v) is 6.58. The molecule has 0 spiro atoms. The van der Waals surface area contributed by atoms with Crippen molar-refractivity contribution < 1.29 is 18.4 Å². The summed E-state index contributed by atoms with van der Waals surface area (Å²) in [4.78, 5) is 18.0. The summed E-state index contributed by atoms with van der Waals surface area (Å²) in [5, 5.41) is 6.27. The number of nitrogens with zero attached hydrogens (tertiary/aromatic N) is 3. The predicted molar refractivity (Wildman–Crippen MR) is 117 cm³/mol. The molecule has 0 atom stereocenters. The second-order valence-corrected chi connectivity index (χ2v) is 8.98. The number of benzene rings is 1. The molecule has 1 amide bonds. The summed E-state index contributed by atoms with van der Waals surface area (Å²) >= 11 is 1.46. The number of aromatic nitrogens is 1. The molecule has 0 bridgehead atoms. The van der Waals surface area contributed by atoms with E-state index in [1.165, 1.54) is 23.5 Å². The molecule has 2 aliphatic rings. The van der Waals surface area contributed by atoms with E-state index in [0.717, 1.165) is 28.8 Å². The lowest BCUT2D eigenvalue weighted by Gasteiger charge is -2.28. The maximum atomic E-state index is 13.5. The highest BCUT2D eigenvalue weighted by Crippen LogP contribution is 2.36. The number of thiophene rings is 1. The average Bonchev–Trinajstić information content (AvgIpc) is 3.27. The van der Waals surface area contributed by atoms with Crippen LogP contribution >= 0.6 is 11.3 Å². The second-order valence-electron chi connectivity index (χ2n) is 8.03. The van der Waals surface area contributed by atoms with Crippen LogP contribution in [0.15, 0.2) is 46.3 Å². The van der Waals surface area contributed by atoms with Crippen molar-refractivity contribution in [3.05, 3.63) is 58.0 Å². The van der Waals surface area contributed by atoms with E-state index in [1.54, 1.807) is 12.1 Å². The Labute approximate surface area is 184 Å². The molecule has 0 N–H and O–H groups in total. The monoisotopic (exact) mass is 441 g/mol. The van der Waals surface area contributed by atoms with Gasteiger partial charge in [-0.05, 0) is 54.5 Å². The van der Waals surface area contributed by atoms with Gasteiger partial charge in [-0.1, -0.05) is 11.2 Å². The lowest BCUT2D eigenvalue weighted by Crippen LogP contribution is -2.37. The molecule has 2 fully saturated rings. The van der Waals surface area contributed by atoms with Gasteiger partial charge in [0.25, 0.3) is 5.91 Å². The van der Waals surface area contributed by atoms with Gasteiger partial charge in [-0.15, -0.1) is 11.3 Å². The van der Waals surface area contributed by atoms with Crippen molar-refractivity contribution in [3.8, 4) is 11.3 Å². The highest BCUT2D eigenvalue weighted by atomic mass is 32.1. The van der Waals surface area contributed by atoms with Crippen molar-refractivity contribution in [2.45, 2.75) is 19.4 Å². The second kappa shape index (κ2) is 8.80. The summed E-state index contributed by atoms with van der Waals surface area (Å²) in [5.41, 5.74) is 2.29. The van der Waals surface area contributed by atoms with E-state index >= 15 is 0 Å². The molecule has 1 aliphatic carbocycles. The van der Waals surface area contributed by atoms with Crippen LogP contribution in [0.5, 0.6) is 0 Å². The molecule has 1 aromatic carbocycles. The quantitative estimate of drug-likeness (QED) is 0.543. The predicted octanol–water partition coefficient (Wildman–Crippen LogP) is 4.43. The highest BCUT2D eigenvalue weighted by molar-refractivity contribution is 7.12. The van der Waals surface area contributed by atoms with E-state index in [9.17, 15) is 9.18 Å². The Morgan fingerprint density at radius 3 is 2.65 bits per heavy atom. The third-order valence-electron chi connectivity index (χ3n) is 5.73. The Morgan fingerprint density at radius 1 is 1.19 bits per heavy atom. The van der Waals surface area contributed by atoms with Crippen molar-refractivity contribution in [2.75, 3.05) is 37.7 Å². The van der Waals surface area contributed by atoms with E-state index in [4.69, 9.17) is 9.26 Å². The highest BCUT2D eigenvalue weighted by Gasteiger charge is 2.31. The van der Waals surface area contributed by atoms with Gasteiger partial charge in [-0.3, -0.25) is 4.79 Å². The number of rotatable bonds is 7. The Kier molecular flexibility index (Phi) is 5.74.